The molecule has 3 fully saturated rings. The van der Waals surface area contributed by atoms with Gasteiger partial charge >= 0.3 is 7.82 Å². The van der Waals surface area contributed by atoms with Crippen LogP contribution in [-0.2, 0) is 41.4 Å². The highest BCUT2D eigenvalue weighted by Crippen LogP contribution is 2.54. The molecule has 3 aliphatic heterocycles. The van der Waals surface area contributed by atoms with Crippen LogP contribution in [0.5, 0.6) is 0 Å². The lowest BCUT2D eigenvalue weighted by Gasteiger charge is -2.26. The number of aromatic nitrogens is 8. The molecule has 0 saturated carbocycles. The number of phosphoric acid groups is 1. The summed E-state index contributed by atoms with van der Waals surface area (Å²) in [5, 5.41) is 0. The third-order valence-electron chi connectivity index (χ3n) is 7.55. The zero-order valence-corrected chi connectivity index (χ0v) is 25.2. The van der Waals surface area contributed by atoms with Gasteiger partial charge in [-0.15, -0.1) is 0 Å². The third-order valence-corrected chi connectivity index (χ3v) is 9.59. The first-order chi connectivity index (χ1) is 21.9. The SMILES string of the molecule is [B][P@@]1(=O)OC[C@H]2O[C@@H](n3cnc4c(=O)[nH]c(N)nc43)[C@H](OP(=O)(O)OC[C@H]3O[C@@H](n4cnc5c(N)ncnc54)[C@H](F)[C@@H]3O1)[C@@H]2OC. The van der Waals surface area contributed by atoms with Gasteiger partial charge in [0, 0.05) is 7.11 Å². The summed E-state index contributed by atoms with van der Waals surface area (Å²) in [6.07, 6.45) is -8.52. The first-order valence-corrected chi connectivity index (χ1v) is 16.5. The second kappa shape index (κ2) is 11.4. The van der Waals surface area contributed by atoms with Crippen LogP contribution < -0.4 is 17.0 Å². The van der Waals surface area contributed by atoms with Crippen LogP contribution in [0.25, 0.3) is 22.3 Å². The number of imidazole rings is 2. The van der Waals surface area contributed by atoms with Gasteiger partial charge in [-0.1, -0.05) is 0 Å². The molecule has 7 heterocycles. The number of nitrogens with two attached hydrogens (primary N) is 2. The molecule has 3 saturated heterocycles. The average molecular weight is 684 g/mol. The maximum Gasteiger partial charge on any atom is 0.472 e. The number of ether oxygens (including phenoxy) is 3. The summed E-state index contributed by atoms with van der Waals surface area (Å²) < 4.78 is 84.1. The summed E-state index contributed by atoms with van der Waals surface area (Å²) in [4.78, 5) is 45.6. The van der Waals surface area contributed by atoms with Gasteiger partial charge in [-0.3, -0.25) is 32.5 Å². The number of methoxy groups -OCH3 is 1. The van der Waals surface area contributed by atoms with E-state index in [0.29, 0.717) is 0 Å². The predicted molar refractivity (Wildman–Crippen MR) is 151 cm³/mol. The molecule has 0 spiro atoms. The maximum absolute atomic E-state index is 16.0. The van der Waals surface area contributed by atoms with Crippen molar-refractivity contribution >= 4 is 57.0 Å². The van der Waals surface area contributed by atoms with Crippen molar-refractivity contribution in [3.8, 4) is 0 Å². The van der Waals surface area contributed by atoms with Gasteiger partial charge < -0.3 is 39.6 Å². The number of nitrogen functional groups attached to an aromatic ring is 2. The van der Waals surface area contributed by atoms with Crippen molar-refractivity contribution in [1.29, 1.82) is 0 Å². The number of H-pyrrole nitrogens is 1. The van der Waals surface area contributed by atoms with E-state index in [9.17, 15) is 18.8 Å². The molecule has 2 bridgehead atoms. The molecule has 4 aromatic rings. The predicted octanol–water partition coefficient (Wildman–Crippen LogP) is -0.534. The Morgan fingerprint density at radius 2 is 1.70 bits per heavy atom. The van der Waals surface area contributed by atoms with Gasteiger partial charge in [0.1, 0.15) is 42.4 Å². The lowest BCUT2D eigenvalue weighted by atomic mass is 10.1. The number of nitrogens with zero attached hydrogens (tertiary/aromatic N) is 7. The molecule has 46 heavy (non-hydrogen) atoms. The normalized spacial score (nSPS) is 37.1. The largest absolute Gasteiger partial charge is 0.472 e. The summed E-state index contributed by atoms with van der Waals surface area (Å²) in [6.45, 7) is -1.41. The molecule has 4 aromatic heterocycles. The number of phosphoric ester groups is 1. The van der Waals surface area contributed by atoms with Gasteiger partial charge in [-0.05, 0) is 0 Å². The lowest BCUT2D eigenvalue weighted by Crippen LogP contribution is -2.37. The number of hydrogen-bond acceptors (Lipinski definition) is 17. The van der Waals surface area contributed by atoms with E-state index in [1.807, 2.05) is 0 Å². The quantitative estimate of drug-likeness (QED) is 0.156. The van der Waals surface area contributed by atoms with E-state index in [0.717, 1.165) is 6.33 Å². The summed E-state index contributed by atoms with van der Waals surface area (Å²) >= 11 is 0. The summed E-state index contributed by atoms with van der Waals surface area (Å²) in [6, 6.07) is 0. The highest BCUT2D eigenvalue weighted by atomic mass is 31.2. The smallest absolute Gasteiger partial charge is 0.382 e. The van der Waals surface area contributed by atoms with Crippen molar-refractivity contribution in [1.82, 2.24) is 39.0 Å². The van der Waals surface area contributed by atoms with Crippen molar-refractivity contribution < 1.29 is 50.7 Å². The third kappa shape index (κ3) is 5.41. The minimum absolute atomic E-state index is 0.0248. The molecule has 10 atom stereocenters. The number of nitrogens with one attached hydrogen (secondary N) is 1. The first kappa shape index (κ1) is 31.2. The number of rotatable bonds is 3. The van der Waals surface area contributed by atoms with E-state index in [1.54, 1.807) is 0 Å². The summed E-state index contributed by atoms with van der Waals surface area (Å²) in [5.41, 5.74) is 11.0. The van der Waals surface area contributed by atoms with Crippen LogP contribution in [0.3, 0.4) is 0 Å². The van der Waals surface area contributed by atoms with Gasteiger partial charge in [-0.2, -0.15) is 4.98 Å². The number of hydrogen-bond donors (Lipinski definition) is 4. The minimum Gasteiger partial charge on any atom is -0.382 e. The number of alkyl halides is 1. The highest BCUT2D eigenvalue weighted by molar-refractivity contribution is 7.79. The molecule has 7 rings (SSSR count). The number of anilines is 2. The van der Waals surface area contributed by atoms with Crippen LogP contribution in [0.2, 0.25) is 0 Å². The van der Waals surface area contributed by atoms with Crippen LogP contribution >= 0.6 is 15.3 Å². The van der Waals surface area contributed by atoms with Gasteiger partial charge in [0.25, 0.3) is 13.0 Å². The molecule has 0 aliphatic carbocycles. The van der Waals surface area contributed by atoms with Gasteiger partial charge in [0.05, 0.1) is 25.9 Å². The van der Waals surface area contributed by atoms with Gasteiger partial charge in [0.15, 0.2) is 41.3 Å². The van der Waals surface area contributed by atoms with E-state index in [-0.39, 0.29) is 34.1 Å². The minimum atomic E-state index is -5.06. The van der Waals surface area contributed by atoms with Gasteiger partial charge in [-0.25, -0.2) is 28.9 Å². The fourth-order valence-electron chi connectivity index (χ4n) is 5.56. The Morgan fingerprint density at radius 3 is 2.46 bits per heavy atom. The second-order valence-electron chi connectivity index (χ2n) is 10.4. The lowest BCUT2D eigenvalue weighted by molar-refractivity contribution is -0.0630. The van der Waals surface area contributed by atoms with Crippen molar-refractivity contribution in [2.24, 2.45) is 0 Å². The van der Waals surface area contributed by atoms with Crippen LogP contribution in [0.1, 0.15) is 12.5 Å². The number of aromatic amines is 1. The van der Waals surface area contributed by atoms with Crippen LogP contribution in [0.15, 0.2) is 23.8 Å². The fourth-order valence-corrected chi connectivity index (χ4v) is 7.49. The molecule has 21 nitrogen and oxygen atoms in total. The molecule has 25 heteroatoms. The topological polar surface area (TPSA) is 278 Å². The van der Waals surface area contributed by atoms with E-state index in [2.05, 4.69) is 29.9 Å². The molecule has 1 unspecified atom stereocenters. The Balaban J connectivity index is 1.22. The van der Waals surface area contributed by atoms with Crippen LogP contribution in [0, 0.1) is 0 Å². The molecule has 3 aliphatic rings. The zero-order valence-electron chi connectivity index (χ0n) is 23.4. The fraction of sp³-hybridized carbons (Fsp3) is 0.524. The monoisotopic (exact) mass is 684 g/mol. The standard InChI is InChI=1S/C21H24BFN10O11P2/c1-38-13-8-2-39-45(22,35)43-12-7(41-19(9(12)23)32-5-28-10-15(24)26-4-27-16(10)32)3-40-46(36,37)44-14(13)20(42-8)33-6-29-11-17(33)30-21(25)31-18(11)34/h4-9,12-14,19-20H,2-3H2,1H3,(H,36,37)(H2,24,26,27)(H3,25,30,31,34)/t7-,8-,9-,12-,13-,14-,19-,20-,45-/m1/s1. The molecular formula is C21H24BFN10O11P2. The van der Waals surface area contributed by atoms with E-state index < -0.39 is 83.2 Å². The van der Waals surface area contributed by atoms with E-state index >= 15 is 4.39 Å². The van der Waals surface area contributed by atoms with Crippen molar-refractivity contribution in [3.05, 3.63) is 29.3 Å². The van der Waals surface area contributed by atoms with Crippen LogP contribution in [-0.4, -0.2) is 109 Å². The highest BCUT2D eigenvalue weighted by Gasteiger charge is 2.54. The second-order valence-corrected chi connectivity index (χ2v) is 13.3. The number of halogens is 1. The molecule has 0 aromatic carbocycles. The first-order valence-electron chi connectivity index (χ1n) is 13.4. The Bertz CT molecular complexity index is 1960. The van der Waals surface area contributed by atoms with Crippen molar-refractivity contribution in [3.63, 3.8) is 0 Å². The Hall–Kier alpha value is -3.37. The average Bonchev–Trinajstić information content (AvgIpc) is 3.75. The van der Waals surface area contributed by atoms with E-state index in [1.165, 1.54) is 28.9 Å². The van der Waals surface area contributed by atoms with Crippen molar-refractivity contribution in [2.45, 2.75) is 49.1 Å². The maximum atomic E-state index is 16.0. The Labute approximate surface area is 257 Å². The van der Waals surface area contributed by atoms with Gasteiger partial charge in [0.2, 0.25) is 13.5 Å². The van der Waals surface area contributed by atoms with Crippen LogP contribution in [0.4, 0.5) is 16.2 Å². The Kier molecular flexibility index (Phi) is 7.75. The Morgan fingerprint density at radius 1 is 1.00 bits per heavy atom. The molecule has 0 amide bonds. The summed E-state index contributed by atoms with van der Waals surface area (Å²) in [5.74, 6) is -0.218. The molecule has 6 N–H and O–H groups in total. The molecular weight excluding hydrogens is 660 g/mol. The zero-order chi connectivity index (χ0) is 32.5. The number of fused-ring (bicyclic) bond motifs is 5. The molecule has 2 radical (unpaired) electrons. The summed E-state index contributed by atoms with van der Waals surface area (Å²) in [7, 11) is -2.53. The molecule has 244 valence electrons. The van der Waals surface area contributed by atoms with Crippen molar-refractivity contribution in [2.75, 3.05) is 31.8 Å². The van der Waals surface area contributed by atoms with E-state index in [4.69, 9.17) is 51.3 Å².